The fourth-order valence-electron chi connectivity index (χ4n) is 2.31. The number of fused-ring (bicyclic) bond motifs is 1. The Morgan fingerprint density at radius 3 is 2.26 bits per heavy atom. The van der Waals surface area contributed by atoms with Crippen LogP contribution in [-0.4, -0.2) is 30.6 Å². The van der Waals surface area contributed by atoms with Gasteiger partial charge < -0.3 is 14.2 Å². The molecule has 118 valence electrons. The molecule has 0 amide bonds. The SMILES string of the molecule is C[C@H]1Oc2ccccc2O[C@@H]1C(=O)OCC(=O)c1ccccc1. The van der Waals surface area contributed by atoms with Crippen LogP contribution < -0.4 is 9.47 Å². The Bertz CT molecular complexity index is 710. The van der Waals surface area contributed by atoms with E-state index in [9.17, 15) is 9.59 Å². The highest BCUT2D eigenvalue weighted by atomic mass is 16.6. The van der Waals surface area contributed by atoms with Crippen LogP contribution in [0.15, 0.2) is 54.6 Å². The van der Waals surface area contributed by atoms with Gasteiger partial charge >= 0.3 is 5.97 Å². The summed E-state index contributed by atoms with van der Waals surface area (Å²) in [4.78, 5) is 24.1. The summed E-state index contributed by atoms with van der Waals surface area (Å²) >= 11 is 0. The van der Waals surface area contributed by atoms with E-state index in [-0.39, 0.29) is 12.4 Å². The van der Waals surface area contributed by atoms with Crippen LogP contribution in [0.25, 0.3) is 0 Å². The number of carbonyl (C=O) groups excluding carboxylic acids is 2. The number of hydrogen-bond acceptors (Lipinski definition) is 5. The van der Waals surface area contributed by atoms with Gasteiger partial charge in [0.25, 0.3) is 0 Å². The highest BCUT2D eigenvalue weighted by molar-refractivity contribution is 5.98. The Hall–Kier alpha value is -2.82. The monoisotopic (exact) mass is 312 g/mol. The van der Waals surface area contributed by atoms with Gasteiger partial charge in [-0.15, -0.1) is 0 Å². The summed E-state index contributed by atoms with van der Waals surface area (Å²) in [5.74, 6) is 0.200. The van der Waals surface area contributed by atoms with Crippen LogP contribution in [0.4, 0.5) is 0 Å². The standard InChI is InChI=1S/C18H16O5/c1-12-17(23-16-10-6-5-9-15(16)22-12)18(20)21-11-14(19)13-7-3-2-4-8-13/h2-10,12,17H,11H2,1H3/t12-,17+/m1/s1. The summed E-state index contributed by atoms with van der Waals surface area (Å²) in [6, 6.07) is 15.8. The fraction of sp³-hybridized carbons (Fsp3) is 0.222. The second kappa shape index (κ2) is 6.52. The topological polar surface area (TPSA) is 61.8 Å². The first-order chi connectivity index (χ1) is 11.1. The zero-order valence-electron chi connectivity index (χ0n) is 12.6. The van der Waals surface area contributed by atoms with Gasteiger partial charge in [0, 0.05) is 5.56 Å². The molecule has 0 N–H and O–H groups in total. The van der Waals surface area contributed by atoms with E-state index in [4.69, 9.17) is 14.2 Å². The van der Waals surface area contributed by atoms with E-state index in [0.29, 0.717) is 17.1 Å². The molecule has 0 bridgehead atoms. The molecule has 1 aliphatic heterocycles. The molecular formula is C18H16O5. The Labute approximate surface area is 133 Å². The normalized spacial score (nSPS) is 19.0. The summed E-state index contributed by atoms with van der Waals surface area (Å²) in [7, 11) is 0. The zero-order chi connectivity index (χ0) is 16.2. The number of esters is 1. The first-order valence-electron chi connectivity index (χ1n) is 7.32. The minimum Gasteiger partial charge on any atom is -0.482 e. The molecule has 0 spiro atoms. The molecule has 2 aromatic rings. The fourth-order valence-corrected chi connectivity index (χ4v) is 2.31. The number of ketones is 1. The smallest absolute Gasteiger partial charge is 0.351 e. The molecule has 23 heavy (non-hydrogen) atoms. The quantitative estimate of drug-likeness (QED) is 0.641. The van der Waals surface area contributed by atoms with Crippen LogP contribution in [0.3, 0.4) is 0 Å². The molecule has 0 saturated carbocycles. The van der Waals surface area contributed by atoms with Crippen molar-refractivity contribution in [1.82, 2.24) is 0 Å². The molecule has 5 heteroatoms. The molecular weight excluding hydrogens is 296 g/mol. The van der Waals surface area contributed by atoms with Crippen molar-refractivity contribution in [3.8, 4) is 11.5 Å². The van der Waals surface area contributed by atoms with Gasteiger partial charge in [-0.3, -0.25) is 4.79 Å². The lowest BCUT2D eigenvalue weighted by molar-refractivity contribution is -0.156. The highest BCUT2D eigenvalue weighted by Gasteiger charge is 2.35. The van der Waals surface area contributed by atoms with E-state index in [0.717, 1.165) is 0 Å². The van der Waals surface area contributed by atoms with E-state index in [1.807, 2.05) is 12.1 Å². The lowest BCUT2D eigenvalue weighted by atomic mass is 10.1. The van der Waals surface area contributed by atoms with Gasteiger partial charge in [-0.05, 0) is 19.1 Å². The molecule has 1 heterocycles. The number of hydrogen-bond donors (Lipinski definition) is 0. The van der Waals surface area contributed by atoms with Gasteiger partial charge in [0.1, 0.15) is 6.10 Å². The first kappa shape index (κ1) is 15.1. The van der Waals surface area contributed by atoms with E-state index in [1.54, 1.807) is 49.4 Å². The summed E-state index contributed by atoms with van der Waals surface area (Å²) in [5, 5.41) is 0. The third kappa shape index (κ3) is 3.34. The van der Waals surface area contributed by atoms with Gasteiger partial charge in [-0.2, -0.15) is 0 Å². The lowest BCUT2D eigenvalue weighted by Crippen LogP contribution is -2.44. The summed E-state index contributed by atoms with van der Waals surface area (Å²) in [6.07, 6.45) is -1.39. The van der Waals surface area contributed by atoms with Crippen LogP contribution in [0.1, 0.15) is 17.3 Å². The number of carbonyl (C=O) groups is 2. The predicted molar refractivity (Wildman–Crippen MR) is 82.7 cm³/mol. The van der Waals surface area contributed by atoms with Crippen LogP contribution in [-0.2, 0) is 9.53 Å². The molecule has 5 nitrogen and oxygen atoms in total. The molecule has 0 fully saturated rings. The summed E-state index contributed by atoms with van der Waals surface area (Å²) in [5.41, 5.74) is 0.500. The Morgan fingerprint density at radius 1 is 0.957 bits per heavy atom. The minimum absolute atomic E-state index is 0.260. The highest BCUT2D eigenvalue weighted by Crippen LogP contribution is 2.33. The van der Waals surface area contributed by atoms with E-state index >= 15 is 0 Å². The predicted octanol–water partition coefficient (Wildman–Crippen LogP) is 2.64. The van der Waals surface area contributed by atoms with Gasteiger partial charge in [0.2, 0.25) is 6.10 Å². The van der Waals surface area contributed by atoms with Crippen molar-refractivity contribution in [2.45, 2.75) is 19.1 Å². The second-order valence-corrected chi connectivity index (χ2v) is 5.21. The zero-order valence-corrected chi connectivity index (χ0v) is 12.6. The largest absolute Gasteiger partial charge is 0.482 e. The van der Waals surface area contributed by atoms with Crippen molar-refractivity contribution in [3.63, 3.8) is 0 Å². The molecule has 0 radical (unpaired) electrons. The summed E-state index contributed by atoms with van der Waals surface area (Å²) < 4.78 is 16.4. The number of ether oxygens (including phenoxy) is 3. The van der Waals surface area contributed by atoms with Crippen molar-refractivity contribution in [2.75, 3.05) is 6.61 Å². The second-order valence-electron chi connectivity index (χ2n) is 5.21. The maximum absolute atomic E-state index is 12.2. The van der Waals surface area contributed by atoms with Crippen molar-refractivity contribution in [3.05, 3.63) is 60.2 Å². The van der Waals surface area contributed by atoms with Crippen LogP contribution in [0.5, 0.6) is 11.5 Å². The number of para-hydroxylation sites is 2. The van der Waals surface area contributed by atoms with Crippen LogP contribution in [0, 0.1) is 0 Å². The molecule has 0 saturated heterocycles. The molecule has 0 aromatic heterocycles. The maximum atomic E-state index is 12.2. The van der Waals surface area contributed by atoms with Crippen LogP contribution >= 0.6 is 0 Å². The Morgan fingerprint density at radius 2 is 1.57 bits per heavy atom. The van der Waals surface area contributed by atoms with Crippen molar-refractivity contribution in [2.24, 2.45) is 0 Å². The molecule has 2 atom stereocenters. The molecule has 0 aliphatic carbocycles. The van der Waals surface area contributed by atoms with E-state index in [2.05, 4.69) is 0 Å². The minimum atomic E-state index is -0.895. The van der Waals surface area contributed by atoms with Gasteiger partial charge in [0.15, 0.2) is 23.9 Å². The average molecular weight is 312 g/mol. The number of rotatable bonds is 4. The Balaban J connectivity index is 1.62. The van der Waals surface area contributed by atoms with Gasteiger partial charge in [-0.25, -0.2) is 4.79 Å². The number of Topliss-reactive ketones (excluding diaryl/α,β-unsaturated/α-hetero) is 1. The third-order valence-corrected chi connectivity index (χ3v) is 3.52. The van der Waals surface area contributed by atoms with Crippen LogP contribution in [0.2, 0.25) is 0 Å². The van der Waals surface area contributed by atoms with E-state index < -0.39 is 18.2 Å². The van der Waals surface area contributed by atoms with Gasteiger partial charge in [0.05, 0.1) is 0 Å². The third-order valence-electron chi connectivity index (χ3n) is 3.52. The van der Waals surface area contributed by atoms with Gasteiger partial charge in [-0.1, -0.05) is 42.5 Å². The van der Waals surface area contributed by atoms with Crippen molar-refractivity contribution >= 4 is 11.8 Å². The molecule has 2 aromatic carbocycles. The molecule has 0 unspecified atom stereocenters. The summed E-state index contributed by atoms with van der Waals surface area (Å²) in [6.45, 7) is 1.40. The molecule has 1 aliphatic rings. The Kier molecular flexibility index (Phi) is 4.28. The molecule has 3 rings (SSSR count). The average Bonchev–Trinajstić information content (AvgIpc) is 2.59. The van der Waals surface area contributed by atoms with Crippen molar-refractivity contribution < 1.29 is 23.8 Å². The first-order valence-corrected chi connectivity index (χ1v) is 7.32. The lowest BCUT2D eigenvalue weighted by Gasteiger charge is -2.30. The maximum Gasteiger partial charge on any atom is 0.351 e. The van der Waals surface area contributed by atoms with E-state index in [1.165, 1.54) is 0 Å². The number of benzene rings is 2. The van der Waals surface area contributed by atoms with Crippen molar-refractivity contribution in [1.29, 1.82) is 0 Å².